The van der Waals surface area contributed by atoms with Gasteiger partial charge in [-0.15, -0.1) is 0 Å². The molecule has 1 aliphatic rings. The SMILES string of the molecule is Clc1ccc2c(c1)C[C@@H](Nc1cccnc1)C2. The fourth-order valence-electron chi connectivity index (χ4n) is 2.37. The molecule has 1 aromatic heterocycles. The Hall–Kier alpha value is -1.54. The van der Waals surface area contributed by atoms with Crippen LogP contribution in [0.15, 0.2) is 42.7 Å². The molecule has 3 heteroatoms. The smallest absolute Gasteiger partial charge is 0.0529 e. The second-order valence-corrected chi connectivity index (χ2v) is 4.84. The fourth-order valence-corrected chi connectivity index (χ4v) is 2.57. The lowest BCUT2D eigenvalue weighted by atomic mass is 10.1. The summed E-state index contributed by atoms with van der Waals surface area (Å²) in [5.74, 6) is 0. The van der Waals surface area contributed by atoms with Crippen LogP contribution in [0, 0.1) is 0 Å². The van der Waals surface area contributed by atoms with Gasteiger partial charge >= 0.3 is 0 Å². The average molecular weight is 245 g/mol. The molecule has 0 spiro atoms. The second kappa shape index (κ2) is 4.38. The van der Waals surface area contributed by atoms with E-state index in [1.54, 1.807) is 6.20 Å². The summed E-state index contributed by atoms with van der Waals surface area (Å²) in [6, 6.07) is 10.6. The van der Waals surface area contributed by atoms with Crippen LogP contribution in [0.25, 0.3) is 0 Å². The second-order valence-electron chi connectivity index (χ2n) is 4.40. The predicted octanol–water partition coefficient (Wildman–Crippen LogP) is 3.31. The van der Waals surface area contributed by atoms with Crippen LogP contribution in [0.1, 0.15) is 11.1 Å². The van der Waals surface area contributed by atoms with Gasteiger partial charge in [-0.1, -0.05) is 17.7 Å². The number of benzene rings is 1. The maximum atomic E-state index is 6.00. The number of hydrogen-bond acceptors (Lipinski definition) is 2. The number of fused-ring (bicyclic) bond motifs is 1. The quantitative estimate of drug-likeness (QED) is 0.877. The molecule has 1 atom stereocenters. The Morgan fingerprint density at radius 3 is 2.88 bits per heavy atom. The molecule has 1 aliphatic carbocycles. The van der Waals surface area contributed by atoms with E-state index in [0.717, 1.165) is 23.6 Å². The molecule has 2 aromatic rings. The third-order valence-corrected chi connectivity index (χ3v) is 3.37. The predicted molar refractivity (Wildman–Crippen MR) is 70.5 cm³/mol. The molecule has 0 saturated heterocycles. The summed E-state index contributed by atoms with van der Waals surface area (Å²) in [5, 5.41) is 4.33. The normalized spacial score (nSPS) is 17.8. The van der Waals surface area contributed by atoms with Crippen molar-refractivity contribution in [2.24, 2.45) is 0 Å². The molecule has 0 unspecified atom stereocenters. The number of aromatic nitrogens is 1. The van der Waals surface area contributed by atoms with Gasteiger partial charge in [0, 0.05) is 23.5 Å². The van der Waals surface area contributed by atoms with Gasteiger partial charge in [-0.2, -0.15) is 0 Å². The zero-order chi connectivity index (χ0) is 11.7. The lowest BCUT2D eigenvalue weighted by Crippen LogP contribution is -2.19. The average Bonchev–Trinajstić information content (AvgIpc) is 2.71. The van der Waals surface area contributed by atoms with Gasteiger partial charge < -0.3 is 5.32 Å². The third-order valence-electron chi connectivity index (χ3n) is 3.13. The molecular formula is C14H13ClN2. The molecule has 0 aliphatic heterocycles. The number of pyridine rings is 1. The highest BCUT2D eigenvalue weighted by atomic mass is 35.5. The van der Waals surface area contributed by atoms with Gasteiger partial charge in [-0.3, -0.25) is 4.98 Å². The highest BCUT2D eigenvalue weighted by Gasteiger charge is 2.21. The number of rotatable bonds is 2. The molecule has 2 nitrogen and oxygen atoms in total. The van der Waals surface area contributed by atoms with Crippen molar-refractivity contribution in [1.29, 1.82) is 0 Å². The van der Waals surface area contributed by atoms with Gasteiger partial charge in [0.25, 0.3) is 0 Å². The lowest BCUT2D eigenvalue weighted by Gasteiger charge is -2.12. The standard InChI is InChI=1S/C14H13ClN2/c15-12-4-3-10-7-14(8-11(10)6-12)17-13-2-1-5-16-9-13/h1-6,9,14,17H,7-8H2/t14-/m0/s1. The van der Waals surface area contributed by atoms with E-state index in [9.17, 15) is 0 Å². The molecule has 1 heterocycles. The first kappa shape index (κ1) is 10.6. The van der Waals surface area contributed by atoms with Crippen molar-refractivity contribution in [2.45, 2.75) is 18.9 Å². The minimum Gasteiger partial charge on any atom is -0.380 e. The van der Waals surface area contributed by atoms with Crippen molar-refractivity contribution in [1.82, 2.24) is 4.98 Å². The van der Waals surface area contributed by atoms with Crippen molar-refractivity contribution in [3.63, 3.8) is 0 Å². The molecule has 0 amide bonds. The number of nitrogens with zero attached hydrogens (tertiary/aromatic N) is 1. The van der Waals surface area contributed by atoms with Crippen molar-refractivity contribution in [2.75, 3.05) is 5.32 Å². The van der Waals surface area contributed by atoms with Crippen LogP contribution in [0.4, 0.5) is 5.69 Å². The monoisotopic (exact) mass is 244 g/mol. The Kier molecular flexibility index (Phi) is 2.73. The molecular weight excluding hydrogens is 232 g/mol. The Bertz CT molecular complexity index is 525. The van der Waals surface area contributed by atoms with E-state index in [1.165, 1.54) is 11.1 Å². The van der Waals surface area contributed by atoms with Crippen LogP contribution in [0.2, 0.25) is 5.02 Å². The van der Waals surface area contributed by atoms with Gasteiger partial charge in [0.05, 0.1) is 5.69 Å². The summed E-state index contributed by atoms with van der Waals surface area (Å²) >= 11 is 6.00. The molecule has 0 radical (unpaired) electrons. The zero-order valence-electron chi connectivity index (χ0n) is 9.36. The highest BCUT2D eigenvalue weighted by molar-refractivity contribution is 6.30. The van der Waals surface area contributed by atoms with E-state index in [-0.39, 0.29) is 0 Å². The van der Waals surface area contributed by atoms with Crippen molar-refractivity contribution in [3.8, 4) is 0 Å². The maximum absolute atomic E-state index is 6.00. The fraction of sp³-hybridized carbons (Fsp3) is 0.214. The summed E-state index contributed by atoms with van der Waals surface area (Å²) < 4.78 is 0. The van der Waals surface area contributed by atoms with E-state index in [2.05, 4.69) is 22.4 Å². The Morgan fingerprint density at radius 2 is 2.06 bits per heavy atom. The van der Waals surface area contributed by atoms with E-state index >= 15 is 0 Å². The van der Waals surface area contributed by atoms with Crippen LogP contribution in [-0.2, 0) is 12.8 Å². The van der Waals surface area contributed by atoms with Crippen molar-refractivity contribution in [3.05, 3.63) is 58.9 Å². The van der Waals surface area contributed by atoms with Gasteiger partial charge in [0.15, 0.2) is 0 Å². The first-order valence-corrected chi connectivity index (χ1v) is 6.13. The van der Waals surface area contributed by atoms with Crippen LogP contribution in [0.5, 0.6) is 0 Å². The number of nitrogens with one attached hydrogen (secondary N) is 1. The highest BCUT2D eigenvalue weighted by Crippen LogP contribution is 2.26. The van der Waals surface area contributed by atoms with Crippen LogP contribution in [-0.4, -0.2) is 11.0 Å². The Balaban J connectivity index is 1.74. The summed E-state index contributed by atoms with van der Waals surface area (Å²) in [6.07, 6.45) is 5.73. The van der Waals surface area contributed by atoms with E-state index in [0.29, 0.717) is 6.04 Å². The van der Waals surface area contributed by atoms with Crippen molar-refractivity contribution < 1.29 is 0 Å². The lowest BCUT2D eigenvalue weighted by molar-refractivity contribution is 0.773. The maximum Gasteiger partial charge on any atom is 0.0529 e. The number of anilines is 1. The molecule has 3 rings (SSSR count). The van der Waals surface area contributed by atoms with E-state index < -0.39 is 0 Å². The third kappa shape index (κ3) is 2.27. The molecule has 0 fully saturated rings. The summed E-state index contributed by atoms with van der Waals surface area (Å²) in [7, 11) is 0. The topological polar surface area (TPSA) is 24.9 Å². The van der Waals surface area contributed by atoms with Gasteiger partial charge in [-0.25, -0.2) is 0 Å². The number of hydrogen-bond donors (Lipinski definition) is 1. The molecule has 1 aromatic carbocycles. The molecule has 0 saturated carbocycles. The van der Waals surface area contributed by atoms with Crippen LogP contribution < -0.4 is 5.32 Å². The summed E-state index contributed by atoms with van der Waals surface area (Å²) in [4.78, 5) is 4.11. The Labute approximate surface area is 106 Å². The summed E-state index contributed by atoms with van der Waals surface area (Å²) in [6.45, 7) is 0. The minimum atomic E-state index is 0.452. The minimum absolute atomic E-state index is 0.452. The van der Waals surface area contributed by atoms with Gasteiger partial charge in [0.2, 0.25) is 0 Å². The summed E-state index contributed by atoms with van der Waals surface area (Å²) in [5.41, 5.74) is 3.84. The first-order chi connectivity index (χ1) is 8.31. The van der Waals surface area contributed by atoms with Gasteiger partial charge in [-0.05, 0) is 48.2 Å². The molecule has 0 bridgehead atoms. The zero-order valence-corrected chi connectivity index (χ0v) is 10.1. The van der Waals surface area contributed by atoms with E-state index in [4.69, 9.17) is 11.6 Å². The van der Waals surface area contributed by atoms with E-state index in [1.807, 2.05) is 24.4 Å². The molecule has 17 heavy (non-hydrogen) atoms. The largest absolute Gasteiger partial charge is 0.380 e. The van der Waals surface area contributed by atoms with Crippen molar-refractivity contribution >= 4 is 17.3 Å². The van der Waals surface area contributed by atoms with Crippen LogP contribution >= 0.6 is 11.6 Å². The molecule has 1 N–H and O–H groups in total. The van der Waals surface area contributed by atoms with Gasteiger partial charge in [0.1, 0.15) is 0 Å². The Morgan fingerprint density at radius 1 is 1.18 bits per heavy atom. The first-order valence-electron chi connectivity index (χ1n) is 5.75. The van der Waals surface area contributed by atoms with Crippen LogP contribution in [0.3, 0.4) is 0 Å². The molecule has 86 valence electrons. The number of halogens is 1.